The normalized spacial score (nSPS) is 12.6. The van der Waals surface area contributed by atoms with Gasteiger partial charge in [0.2, 0.25) is 0 Å². The Morgan fingerprint density at radius 2 is 1.67 bits per heavy atom. The Morgan fingerprint density at radius 1 is 1.00 bits per heavy atom. The van der Waals surface area contributed by atoms with E-state index in [2.05, 4.69) is 5.32 Å². The van der Waals surface area contributed by atoms with Crippen molar-refractivity contribution in [1.82, 2.24) is 0 Å². The maximum Gasteiger partial charge on any atom is 0.347 e. The molecule has 2 aromatic rings. The molecule has 144 valence electrons. The van der Waals surface area contributed by atoms with Gasteiger partial charge in [-0.3, -0.25) is 4.79 Å². The zero-order chi connectivity index (χ0) is 20.0. The molecule has 1 amide bonds. The largest absolute Gasteiger partial charge is 0.495 e. The molecule has 8 heteroatoms. The van der Waals surface area contributed by atoms with Gasteiger partial charge in [-0.1, -0.05) is 23.2 Å². The molecule has 2 atom stereocenters. The topological polar surface area (TPSA) is 73.9 Å². The van der Waals surface area contributed by atoms with Gasteiger partial charge in [-0.25, -0.2) is 4.79 Å². The molecule has 0 saturated heterocycles. The van der Waals surface area contributed by atoms with Crippen molar-refractivity contribution in [3.8, 4) is 11.5 Å². The summed E-state index contributed by atoms with van der Waals surface area (Å²) in [7, 11) is 1.49. The van der Waals surface area contributed by atoms with Crippen LogP contribution in [0, 0.1) is 0 Å². The van der Waals surface area contributed by atoms with Crippen molar-refractivity contribution in [2.75, 3.05) is 12.4 Å². The highest BCUT2D eigenvalue weighted by molar-refractivity contribution is 6.32. The summed E-state index contributed by atoms with van der Waals surface area (Å²) in [5, 5.41) is 3.53. The number of esters is 1. The number of carbonyl (C=O) groups is 2. The highest BCUT2D eigenvalue weighted by Crippen LogP contribution is 2.27. The molecule has 6 nitrogen and oxygen atoms in total. The number of hydrogen-bond acceptors (Lipinski definition) is 5. The molecule has 0 aliphatic rings. The van der Waals surface area contributed by atoms with E-state index in [1.807, 2.05) is 0 Å². The number of anilines is 1. The van der Waals surface area contributed by atoms with Crippen LogP contribution in [0.25, 0.3) is 0 Å². The predicted molar refractivity (Wildman–Crippen MR) is 104 cm³/mol. The third-order valence-corrected chi connectivity index (χ3v) is 4.09. The van der Waals surface area contributed by atoms with E-state index in [0.29, 0.717) is 27.2 Å². The van der Waals surface area contributed by atoms with Gasteiger partial charge in [-0.2, -0.15) is 0 Å². The summed E-state index contributed by atoms with van der Waals surface area (Å²) in [5.41, 5.74) is 0.458. The van der Waals surface area contributed by atoms with Crippen molar-refractivity contribution in [3.05, 3.63) is 52.5 Å². The van der Waals surface area contributed by atoms with Crippen LogP contribution in [0.4, 0.5) is 5.69 Å². The fourth-order valence-electron chi connectivity index (χ4n) is 2.08. The first-order valence-corrected chi connectivity index (χ1v) is 8.83. The van der Waals surface area contributed by atoms with Crippen LogP contribution in [-0.4, -0.2) is 31.2 Å². The quantitative estimate of drug-likeness (QED) is 0.685. The standard InChI is InChI=1S/C19H19Cl2NO5/c1-11(18(23)22-14-6-9-17(25-3)16(21)10-14)27-19(24)12(2)26-15-7-4-13(20)5-8-15/h4-12H,1-3H3,(H,22,23)/t11-,12+/m1/s1. The number of carbonyl (C=O) groups excluding carboxylic acids is 2. The minimum atomic E-state index is -1.02. The molecule has 0 aliphatic heterocycles. The van der Waals surface area contributed by atoms with Gasteiger partial charge in [0, 0.05) is 10.7 Å². The molecule has 0 saturated carbocycles. The van der Waals surface area contributed by atoms with E-state index in [0.717, 1.165) is 0 Å². The Balaban J connectivity index is 1.89. The number of amides is 1. The second kappa shape index (κ2) is 9.48. The van der Waals surface area contributed by atoms with Gasteiger partial charge in [0.1, 0.15) is 11.5 Å². The number of ether oxygens (including phenoxy) is 3. The Hall–Kier alpha value is -2.44. The van der Waals surface area contributed by atoms with E-state index in [9.17, 15) is 9.59 Å². The lowest BCUT2D eigenvalue weighted by Gasteiger charge is -2.18. The first-order chi connectivity index (χ1) is 12.8. The molecule has 0 heterocycles. The van der Waals surface area contributed by atoms with Gasteiger partial charge >= 0.3 is 5.97 Å². The van der Waals surface area contributed by atoms with E-state index < -0.39 is 24.1 Å². The maximum atomic E-state index is 12.2. The first-order valence-electron chi connectivity index (χ1n) is 8.07. The van der Waals surface area contributed by atoms with Crippen LogP contribution in [0.3, 0.4) is 0 Å². The average molecular weight is 412 g/mol. The molecule has 2 aromatic carbocycles. The molecule has 1 N–H and O–H groups in total. The predicted octanol–water partition coefficient (Wildman–Crippen LogP) is 4.34. The Kier molecular flexibility index (Phi) is 7.33. The van der Waals surface area contributed by atoms with Crippen LogP contribution in [0.5, 0.6) is 11.5 Å². The second-order valence-corrected chi connectivity index (χ2v) is 6.48. The molecule has 0 radical (unpaired) electrons. The van der Waals surface area contributed by atoms with Crippen molar-refractivity contribution in [2.45, 2.75) is 26.1 Å². The second-order valence-electron chi connectivity index (χ2n) is 5.63. The molecular formula is C19H19Cl2NO5. The van der Waals surface area contributed by atoms with Gasteiger partial charge in [-0.05, 0) is 56.3 Å². The van der Waals surface area contributed by atoms with E-state index >= 15 is 0 Å². The fourth-order valence-corrected chi connectivity index (χ4v) is 2.46. The summed E-state index contributed by atoms with van der Waals surface area (Å²) in [5.74, 6) is -0.209. The molecule has 0 aliphatic carbocycles. The number of hydrogen-bond donors (Lipinski definition) is 1. The minimum Gasteiger partial charge on any atom is -0.495 e. The number of halogens is 2. The van der Waals surface area contributed by atoms with Crippen LogP contribution < -0.4 is 14.8 Å². The van der Waals surface area contributed by atoms with Crippen molar-refractivity contribution in [3.63, 3.8) is 0 Å². The Bertz CT molecular complexity index is 810. The van der Waals surface area contributed by atoms with Gasteiger partial charge in [-0.15, -0.1) is 0 Å². The van der Waals surface area contributed by atoms with Gasteiger partial charge in [0.25, 0.3) is 5.91 Å². The van der Waals surface area contributed by atoms with Crippen LogP contribution >= 0.6 is 23.2 Å². The van der Waals surface area contributed by atoms with E-state index in [1.165, 1.54) is 21.0 Å². The number of benzene rings is 2. The Morgan fingerprint density at radius 3 is 2.26 bits per heavy atom. The van der Waals surface area contributed by atoms with Crippen molar-refractivity contribution >= 4 is 40.8 Å². The summed E-state index contributed by atoms with van der Waals surface area (Å²) < 4.78 is 15.7. The van der Waals surface area contributed by atoms with Gasteiger partial charge < -0.3 is 19.5 Å². The molecule has 0 spiro atoms. The zero-order valence-electron chi connectivity index (χ0n) is 15.0. The molecule has 27 heavy (non-hydrogen) atoms. The average Bonchev–Trinajstić information content (AvgIpc) is 2.63. The summed E-state index contributed by atoms with van der Waals surface area (Å²) in [6.07, 6.45) is -1.91. The monoisotopic (exact) mass is 411 g/mol. The molecular weight excluding hydrogens is 393 g/mol. The van der Waals surface area contributed by atoms with E-state index in [4.69, 9.17) is 37.4 Å². The van der Waals surface area contributed by atoms with Crippen molar-refractivity contribution in [1.29, 1.82) is 0 Å². The Labute approximate surface area is 167 Å². The lowest BCUT2D eigenvalue weighted by molar-refractivity contribution is -0.159. The number of rotatable bonds is 7. The number of nitrogens with one attached hydrogen (secondary N) is 1. The molecule has 2 rings (SSSR count). The third-order valence-electron chi connectivity index (χ3n) is 3.54. The number of methoxy groups -OCH3 is 1. The summed E-state index contributed by atoms with van der Waals surface area (Å²) in [6, 6.07) is 11.3. The van der Waals surface area contributed by atoms with Gasteiger partial charge in [0.15, 0.2) is 12.2 Å². The maximum absolute atomic E-state index is 12.2. The lowest BCUT2D eigenvalue weighted by atomic mass is 10.2. The molecule has 0 aromatic heterocycles. The summed E-state index contributed by atoms with van der Waals surface area (Å²) >= 11 is 11.8. The van der Waals surface area contributed by atoms with Crippen molar-refractivity contribution < 1.29 is 23.8 Å². The van der Waals surface area contributed by atoms with Crippen LogP contribution in [0.1, 0.15) is 13.8 Å². The molecule has 0 unspecified atom stereocenters. The summed E-state index contributed by atoms with van der Waals surface area (Å²) in [4.78, 5) is 24.3. The van der Waals surface area contributed by atoms with E-state index in [-0.39, 0.29) is 0 Å². The summed E-state index contributed by atoms with van der Waals surface area (Å²) in [6.45, 7) is 3.00. The fraction of sp³-hybridized carbons (Fsp3) is 0.263. The third kappa shape index (κ3) is 6.05. The van der Waals surface area contributed by atoms with E-state index in [1.54, 1.807) is 42.5 Å². The molecule has 0 bridgehead atoms. The van der Waals surface area contributed by atoms with Crippen molar-refractivity contribution in [2.24, 2.45) is 0 Å². The van der Waals surface area contributed by atoms with Gasteiger partial charge in [0.05, 0.1) is 12.1 Å². The highest BCUT2D eigenvalue weighted by Gasteiger charge is 2.23. The SMILES string of the molecule is COc1ccc(NC(=O)[C@@H](C)OC(=O)[C@H](C)Oc2ccc(Cl)cc2)cc1Cl. The van der Waals surface area contributed by atoms with Crippen LogP contribution in [0.15, 0.2) is 42.5 Å². The molecule has 0 fully saturated rings. The lowest BCUT2D eigenvalue weighted by Crippen LogP contribution is -2.35. The zero-order valence-corrected chi connectivity index (χ0v) is 16.5. The first kappa shape index (κ1) is 20.9. The minimum absolute atomic E-state index is 0.352. The smallest absolute Gasteiger partial charge is 0.347 e. The van der Waals surface area contributed by atoms with Crippen LogP contribution in [0.2, 0.25) is 10.0 Å². The van der Waals surface area contributed by atoms with Crippen LogP contribution in [-0.2, 0) is 14.3 Å². The highest BCUT2D eigenvalue weighted by atomic mass is 35.5.